The molecule has 1 aromatic carbocycles. The number of rotatable bonds is 1. The third-order valence-electron chi connectivity index (χ3n) is 1.52. The molecule has 3 heteroatoms. The van der Waals surface area contributed by atoms with E-state index < -0.39 is 0 Å². The highest BCUT2D eigenvalue weighted by atomic mass is 127. The maximum absolute atomic E-state index is 5.77. The minimum absolute atomic E-state index is 0.595. The van der Waals surface area contributed by atoms with Crippen molar-refractivity contribution in [1.82, 2.24) is 0 Å². The number of halogens is 3. The molecule has 60 valence electrons. The van der Waals surface area contributed by atoms with Crippen LogP contribution in [0.4, 0.5) is 0 Å². The van der Waals surface area contributed by atoms with Gasteiger partial charge in [0.05, 0.1) is 0 Å². The van der Waals surface area contributed by atoms with Gasteiger partial charge >= 0.3 is 0 Å². The first kappa shape index (κ1) is 9.81. The largest absolute Gasteiger partial charge is 0.121 e. The lowest BCUT2D eigenvalue weighted by Crippen LogP contribution is -1.89. The standard InChI is InChI=1S/C8H7BrClI/c1-5-2-6(9)3-8(11)7(5)4-10/h2-3H,4H2,1H3. The minimum Gasteiger partial charge on any atom is -0.121 e. The van der Waals surface area contributed by atoms with Crippen LogP contribution < -0.4 is 0 Å². The molecule has 0 unspecified atom stereocenters. The van der Waals surface area contributed by atoms with E-state index in [0.717, 1.165) is 4.47 Å². The summed E-state index contributed by atoms with van der Waals surface area (Å²) in [4.78, 5) is 0. The summed E-state index contributed by atoms with van der Waals surface area (Å²) >= 11 is 11.5. The molecule has 0 spiro atoms. The van der Waals surface area contributed by atoms with Crippen molar-refractivity contribution < 1.29 is 0 Å². The Kier molecular flexibility index (Phi) is 3.65. The van der Waals surface area contributed by atoms with Crippen molar-refractivity contribution in [2.45, 2.75) is 12.8 Å². The summed E-state index contributed by atoms with van der Waals surface area (Å²) in [5.74, 6) is 0.595. The number of hydrogen-bond acceptors (Lipinski definition) is 0. The van der Waals surface area contributed by atoms with E-state index in [4.69, 9.17) is 11.6 Å². The lowest BCUT2D eigenvalue weighted by Gasteiger charge is -2.04. The summed E-state index contributed by atoms with van der Waals surface area (Å²) in [6.45, 7) is 2.07. The molecule has 0 N–H and O–H groups in total. The fourth-order valence-corrected chi connectivity index (χ4v) is 3.43. The van der Waals surface area contributed by atoms with Gasteiger partial charge in [-0.15, -0.1) is 11.6 Å². The molecular weight excluding hydrogens is 338 g/mol. The van der Waals surface area contributed by atoms with Gasteiger partial charge in [-0.25, -0.2) is 0 Å². The summed E-state index contributed by atoms with van der Waals surface area (Å²) in [7, 11) is 0. The molecule has 1 aromatic rings. The summed E-state index contributed by atoms with van der Waals surface area (Å²) in [6.07, 6.45) is 0. The fourth-order valence-electron chi connectivity index (χ4n) is 0.901. The number of hydrogen-bond donors (Lipinski definition) is 0. The topological polar surface area (TPSA) is 0 Å². The lowest BCUT2D eigenvalue weighted by atomic mass is 10.1. The molecule has 0 bridgehead atoms. The molecule has 0 radical (unpaired) electrons. The molecule has 0 saturated heterocycles. The van der Waals surface area contributed by atoms with Gasteiger partial charge in [0.15, 0.2) is 0 Å². The highest BCUT2D eigenvalue weighted by Gasteiger charge is 2.02. The van der Waals surface area contributed by atoms with Crippen molar-refractivity contribution in [3.05, 3.63) is 31.3 Å². The van der Waals surface area contributed by atoms with E-state index in [0.29, 0.717) is 5.88 Å². The molecule has 11 heavy (non-hydrogen) atoms. The van der Waals surface area contributed by atoms with Crippen LogP contribution in [0.15, 0.2) is 16.6 Å². The Hall–Kier alpha value is 0.720. The van der Waals surface area contributed by atoms with Crippen LogP contribution in [0.25, 0.3) is 0 Å². The second kappa shape index (κ2) is 4.10. The molecule has 0 aliphatic rings. The number of benzene rings is 1. The Morgan fingerprint density at radius 3 is 2.64 bits per heavy atom. The molecule has 0 heterocycles. The maximum atomic E-state index is 5.77. The van der Waals surface area contributed by atoms with E-state index >= 15 is 0 Å². The smallest absolute Gasteiger partial charge is 0.0487 e. The molecule has 0 amide bonds. The summed E-state index contributed by atoms with van der Waals surface area (Å²) in [5, 5.41) is 0. The number of alkyl halides is 1. The molecule has 0 fully saturated rings. The molecule has 0 atom stereocenters. The molecule has 0 nitrogen and oxygen atoms in total. The van der Waals surface area contributed by atoms with Gasteiger partial charge in [-0.3, -0.25) is 0 Å². The fraction of sp³-hybridized carbons (Fsp3) is 0.250. The first-order valence-electron chi connectivity index (χ1n) is 3.15. The van der Waals surface area contributed by atoms with Gasteiger partial charge in [0, 0.05) is 13.9 Å². The zero-order valence-corrected chi connectivity index (χ0v) is 10.5. The Morgan fingerprint density at radius 1 is 1.55 bits per heavy atom. The number of aryl methyl sites for hydroxylation is 1. The monoisotopic (exact) mass is 344 g/mol. The summed E-state index contributed by atoms with van der Waals surface area (Å²) < 4.78 is 2.35. The molecule has 0 aliphatic carbocycles. The van der Waals surface area contributed by atoms with Gasteiger partial charge in [-0.05, 0) is 52.8 Å². The zero-order chi connectivity index (χ0) is 8.43. The van der Waals surface area contributed by atoms with Crippen molar-refractivity contribution in [2.24, 2.45) is 0 Å². The van der Waals surface area contributed by atoms with Crippen LogP contribution in [0.2, 0.25) is 0 Å². The first-order valence-corrected chi connectivity index (χ1v) is 5.56. The highest BCUT2D eigenvalue weighted by molar-refractivity contribution is 14.1. The SMILES string of the molecule is Cc1cc(Br)cc(I)c1CCl. The normalized spacial score (nSPS) is 10.2. The average molecular weight is 345 g/mol. The highest BCUT2D eigenvalue weighted by Crippen LogP contribution is 2.23. The van der Waals surface area contributed by atoms with Crippen molar-refractivity contribution in [3.63, 3.8) is 0 Å². The van der Waals surface area contributed by atoms with Gasteiger partial charge in [-0.2, -0.15) is 0 Å². The first-order chi connectivity index (χ1) is 5.15. The zero-order valence-electron chi connectivity index (χ0n) is 6.00. The molecule has 1 rings (SSSR count). The average Bonchev–Trinajstić information content (AvgIpc) is 1.85. The van der Waals surface area contributed by atoms with Crippen LogP contribution in [0.3, 0.4) is 0 Å². The minimum atomic E-state index is 0.595. The summed E-state index contributed by atoms with van der Waals surface area (Å²) in [5.41, 5.74) is 2.48. The maximum Gasteiger partial charge on any atom is 0.0487 e. The van der Waals surface area contributed by atoms with Crippen LogP contribution in [0, 0.1) is 10.5 Å². The van der Waals surface area contributed by atoms with Crippen LogP contribution in [-0.2, 0) is 5.88 Å². The van der Waals surface area contributed by atoms with Gasteiger partial charge in [0.1, 0.15) is 0 Å². The van der Waals surface area contributed by atoms with Crippen molar-refractivity contribution >= 4 is 50.1 Å². The van der Waals surface area contributed by atoms with E-state index in [1.54, 1.807) is 0 Å². The Bertz CT molecular complexity index is 250. The second-order valence-electron chi connectivity index (χ2n) is 2.32. The van der Waals surface area contributed by atoms with Crippen molar-refractivity contribution in [1.29, 1.82) is 0 Å². The van der Waals surface area contributed by atoms with E-state index in [9.17, 15) is 0 Å². The van der Waals surface area contributed by atoms with Crippen LogP contribution in [0.1, 0.15) is 11.1 Å². The predicted octanol–water partition coefficient (Wildman–Crippen LogP) is 4.10. The van der Waals surface area contributed by atoms with Crippen molar-refractivity contribution in [3.8, 4) is 0 Å². The quantitative estimate of drug-likeness (QED) is 0.531. The Balaban J connectivity index is 3.25. The third kappa shape index (κ3) is 2.33. The van der Waals surface area contributed by atoms with Crippen LogP contribution >= 0.6 is 50.1 Å². The van der Waals surface area contributed by atoms with Gasteiger partial charge in [0.2, 0.25) is 0 Å². The lowest BCUT2D eigenvalue weighted by molar-refractivity contribution is 1.26. The molecule has 0 aliphatic heterocycles. The third-order valence-corrected chi connectivity index (χ3v) is 3.20. The molecule has 0 saturated carbocycles. The molecule has 0 aromatic heterocycles. The summed E-state index contributed by atoms with van der Waals surface area (Å²) in [6, 6.07) is 4.16. The van der Waals surface area contributed by atoms with Crippen molar-refractivity contribution in [2.75, 3.05) is 0 Å². The van der Waals surface area contributed by atoms with E-state index in [2.05, 4.69) is 57.6 Å². The predicted molar refractivity (Wildman–Crippen MR) is 61.2 cm³/mol. The van der Waals surface area contributed by atoms with Gasteiger partial charge in [0.25, 0.3) is 0 Å². The van der Waals surface area contributed by atoms with Crippen LogP contribution in [-0.4, -0.2) is 0 Å². The Morgan fingerprint density at radius 2 is 2.18 bits per heavy atom. The van der Waals surface area contributed by atoms with E-state index in [1.165, 1.54) is 14.7 Å². The Labute approximate surface area is 93.6 Å². The second-order valence-corrected chi connectivity index (χ2v) is 4.66. The van der Waals surface area contributed by atoms with Crippen LogP contribution in [0.5, 0.6) is 0 Å². The van der Waals surface area contributed by atoms with E-state index in [1.807, 2.05) is 0 Å². The van der Waals surface area contributed by atoms with Gasteiger partial charge in [-0.1, -0.05) is 15.9 Å². The van der Waals surface area contributed by atoms with E-state index in [-0.39, 0.29) is 0 Å². The molecular formula is C8H7BrClI. The van der Waals surface area contributed by atoms with Gasteiger partial charge < -0.3 is 0 Å².